The third-order valence-corrected chi connectivity index (χ3v) is 12.6. The lowest BCUT2D eigenvalue weighted by molar-refractivity contribution is 0.108. The summed E-state index contributed by atoms with van der Waals surface area (Å²) in [5, 5.41) is -0.0274. The van der Waals surface area contributed by atoms with Crippen molar-refractivity contribution in [2.45, 2.75) is 9.79 Å². The zero-order chi connectivity index (χ0) is 21.9. The van der Waals surface area contributed by atoms with Crippen LogP contribution in [0.1, 0.15) is 20.7 Å². The molecule has 0 saturated heterocycles. The van der Waals surface area contributed by atoms with Crippen LogP contribution in [-0.4, -0.2) is 10.2 Å². The predicted octanol–water partition coefficient (Wildman–Crippen LogP) is 8.76. The molecule has 2 aliphatic rings. The molecule has 32 heavy (non-hydrogen) atoms. The maximum atomic E-state index is 12.9. The number of rotatable bonds is 4. The monoisotopic (exact) mass is 526 g/mol. The topological polar surface area (TPSA) is 34.1 Å². The quantitative estimate of drug-likeness (QED) is 0.334. The summed E-state index contributed by atoms with van der Waals surface area (Å²) in [6, 6.07) is 26.9. The van der Waals surface area contributed by atoms with Crippen LogP contribution in [0.4, 0.5) is 0 Å². The third kappa shape index (κ3) is 5.05. The van der Waals surface area contributed by atoms with Crippen molar-refractivity contribution in [1.29, 1.82) is 0 Å². The van der Waals surface area contributed by atoms with Crippen LogP contribution in [0.15, 0.2) is 112 Å². The predicted molar refractivity (Wildman–Crippen MR) is 144 cm³/mol. The van der Waals surface area contributed by atoms with E-state index < -0.39 is 0 Å². The lowest BCUT2D eigenvalue weighted by Crippen LogP contribution is -1.94. The minimum Gasteiger partial charge on any atom is -0.281 e. The smallest absolute Gasteiger partial charge is 0.224 e. The molecule has 0 fully saturated rings. The van der Waals surface area contributed by atoms with Gasteiger partial charge in [0.15, 0.2) is 0 Å². The Morgan fingerprint density at radius 3 is 1.31 bits per heavy atom. The largest absolute Gasteiger partial charge is 0.281 e. The molecule has 0 atom stereocenters. The van der Waals surface area contributed by atoms with Crippen molar-refractivity contribution < 1.29 is 9.59 Å². The molecule has 0 spiro atoms. The van der Waals surface area contributed by atoms with E-state index in [4.69, 9.17) is 0 Å². The average molecular weight is 527 g/mol. The Bertz CT molecular complexity index is 1160. The lowest BCUT2D eigenvalue weighted by Gasteiger charge is -2.04. The minimum atomic E-state index is -0.0137. The molecule has 3 aromatic carbocycles. The van der Waals surface area contributed by atoms with Gasteiger partial charge in [-0.05, 0) is 35.7 Å². The molecule has 0 amide bonds. The summed E-state index contributed by atoms with van der Waals surface area (Å²) in [4.78, 5) is 28.3. The molecule has 0 aromatic heterocycles. The zero-order valence-electron chi connectivity index (χ0n) is 16.3. The molecule has 0 N–H and O–H groups in total. The van der Waals surface area contributed by atoms with Crippen molar-refractivity contribution in [2.24, 2.45) is 0 Å². The number of fused-ring (bicyclic) bond motifs is 1. The third-order valence-electron chi connectivity index (χ3n) is 4.35. The second kappa shape index (κ2) is 10.2. The Labute approximate surface area is 211 Å². The van der Waals surface area contributed by atoms with E-state index in [0.717, 1.165) is 12.7 Å². The van der Waals surface area contributed by atoms with Gasteiger partial charge in [-0.2, -0.15) is 0 Å². The lowest BCUT2D eigenvalue weighted by atomic mass is 10.2. The van der Waals surface area contributed by atoms with Crippen LogP contribution in [-0.2, 0) is 0 Å². The molecule has 0 unspecified atom stereocenters. The zero-order valence-corrected chi connectivity index (χ0v) is 21.2. The molecule has 3 aromatic rings. The number of thioether (sulfide) groups is 6. The highest BCUT2D eigenvalue weighted by Crippen LogP contribution is 2.64. The molecule has 5 rings (SSSR count). The first-order chi connectivity index (χ1) is 15.7. The van der Waals surface area contributed by atoms with Gasteiger partial charge in [-0.25, -0.2) is 0 Å². The normalized spacial score (nSPS) is 15.2. The van der Waals surface area contributed by atoms with Gasteiger partial charge >= 0.3 is 0 Å². The Hall–Kier alpha value is -1.42. The Balaban J connectivity index is 1.41. The van der Waals surface area contributed by atoms with E-state index >= 15 is 0 Å². The first-order valence-electron chi connectivity index (χ1n) is 9.51. The highest BCUT2D eigenvalue weighted by atomic mass is 32.3. The van der Waals surface area contributed by atoms with Crippen LogP contribution >= 0.6 is 70.6 Å². The van der Waals surface area contributed by atoms with Gasteiger partial charge in [-0.3, -0.25) is 9.59 Å². The maximum absolute atomic E-state index is 12.9. The van der Waals surface area contributed by atoms with Crippen molar-refractivity contribution >= 4 is 80.8 Å². The van der Waals surface area contributed by atoms with Crippen LogP contribution in [0.3, 0.4) is 0 Å². The fourth-order valence-corrected chi connectivity index (χ4v) is 10.9. The van der Waals surface area contributed by atoms with Gasteiger partial charge in [-0.1, -0.05) is 120 Å². The molecule has 0 saturated carbocycles. The van der Waals surface area contributed by atoms with E-state index in [1.165, 1.54) is 37.6 Å². The molecule has 0 radical (unpaired) electrons. The second-order valence-electron chi connectivity index (χ2n) is 6.52. The van der Waals surface area contributed by atoms with E-state index in [1.54, 1.807) is 47.0 Å². The molecule has 158 valence electrons. The number of carbonyl (C=O) groups excluding carboxylic acids is 2. The van der Waals surface area contributed by atoms with Crippen molar-refractivity contribution in [2.75, 3.05) is 0 Å². The van der Waals surface area contributed by atoms with E-state index in [0.29, 0.717) is 11.1 Å². The van der Waals surface area contributed by atoms with Gasteiger partial charge in [0, 0.05) is 20.9 Å². The van der Waals surface area contributed by atoms with E-state index in [9.17, 15) is 9.59 Å². The SMILES string of the molecule is O=C(SC1=C(SC(=O)c2ccccc2)SC(=C2Sc3ccccc3S2)S1)c1ccccc1. The molecule has 2 heterocycles. The summed E-state index contributed by atoms with van der Waals surface area (Å²) in [7, 11) is 0. The van der Waals surface area contributed by atoms with E-state index in [1.807, 2.05) is 72.8 Å². The van der Waals surface area contributed by atoms with Crippen LogP contribution < -0.4 is 0 Å². The second-order valence-corrected chi connectivity index (χ2v) is 13.7. The van der Waals surface area contributed by atoms with Crippen LogP contribution in [0, 0.1) is 0 Å². The van der Waals surface area contributed by atoms with Crippen molar-refractivity contribution in [3.63, 3.8) is 0 Å². The summed E-state index contributed by atoms with van der Waals surface area (Å²) < 4.78 is 4.08. The van der Waals surface area contributed by atoms with Crippen LogP contribution in [0.5, 0.6) is 0 Å². The van der Waals surface area contributed by atoms with Crippen molar-refractivity contribution in [3.05, 3.63) is 113 Å². The fourth-order valence-electron chi connectivity index (χ4n) is 2.84. The summed E-state index contributed by atoms with van der Waals surface area (Å²) in [6.07, 6.45) is 0. The molecular formula is C24H14O2S6. The molecule has 2 aliphatic heterocycles. The fraction of sp³-hybridized carbons (Fsp3) is 0. The van der Waals surface area contributed by atoms with E-state index in [2.05, 4.69) is 12.1 Å². The van der Waals surface area contributed by atoms with Crippen molar-refractivity contribution in [3.8, 4) is 0 Å². The van der Waals surface area contributed by atoms with Gasteiger partial charge in [-0.15, -0.1) is 0 Å². The van der Waals surface area contributed by atoms with Crippen molar-refractivity contribution in [1.82, 2.24) is 0 Å². The summed E-state index contributed by atoms with van der Waals surface area (Å²) in [6.45, 7) is 0. The van der Waals surface area contributed by atoms with Gasteiger partial charge in [0.2, 0.25) is 10.2 Å². The van der Waals surface area contributed by atoms with Gasteiger partial charge in [0.25, 0.3) is 0 Å². The first kappa shape index (κ1) is 22.4. The molecule has 8 heteroatoms. The molecule has 2 nitrogen and oxygen atoms in total. The summed E-state index contributed by atoms with van der Waals surface area (Å²) in [5.41, 5.74) is 1.32. The Morgan fingerprint density at radius 2 is 0.875 bits per heavy atom. The minimum absolute atomic E-state index is 0.0137. The van der Waals surface area contributed by atoms with E-state index in [-0.39, 0.29) is 10.2 Å². The molecular weight excluding hydrogens is 513 g/mol. The standard InChI is InChI=1S/C24H14O2S6/c25-19(15-9-3-1-4-10-15)29-22-23(30-20(26)16-11-5-2-6-12-16)32-24(31-22)21-27-17-13-7-8-14-18(17)28-21/h1-14H. The number of benzene rings is 3. The first-order valence-corrected chi connectivity index (χ1v) is 14.4. The molecule has 0 aliphatic carbocycles. The van der Waals surface area contributed by atoms with Gasteiger partial charge in [0.1, 0.15) is 0 Å². The number of hydrogen-bond donors (Lipinski definition) is 0. The van der Waals surface area contributed by atoms with Crippen LogP contribution in [0.25, 0.3) is 0 Å². The Kier molecular flexibility index (Phi) is 7.16. The number of hydrogen-bond acceptors (Lipinski definition) is 8. The maximum Gasteiger partial charge on any atom is 0.224 e. The average Bonchev–Trinajstić information content (AvgIpc) is 3.44. The summed E-state index contributed by atoms with van der Waals surface area (Å²) in [5.74, 6) is 0. The Morgan fingerprint density at radius 1 is 0.500 bits per heavy atom. The van der Waals surface area contributed by atoms with Gasteiger partial charge < -0.3 is 0 Å². The highest BCUT2D eigenvalue weighted by molar-refractivity contribution is 8.45. The highest BCUT2D eigenvalue weighted by Gasteiger charge is 2.31. The molecule has 0 bridgehead atoms. The van der Waals surface area contributed by atoms with Crippen LogP contribution in [0.2, 0.25) is 0 Å². The van der Waals surface area contributed by atoms with Gasteiger partial charge in [0.05, 0.1) is 16.9 Å². The summed E-state index contributed by atoms with van der Waals surface area (Å²) >= 11 is 9.12. The number of carbonyl (C=O) groups is 2.